The molecule has 0 radical (unpaired) electrons. The fraction of sp³-hybridized carbons (Fsp3) is 0.706. The maximum Gasteiger partial charge on any atom is 0.276 e. The van der Waals surface area contributed by atoms with E-state index in [1.165, 1.54) is 4.31 Å². The van der Waals surface area contributed by atoms with E-state index in [0.29, 0.717) is 35.9 Å². The van der Waals surface area contributed by atoms with Gasteiger partial charge in [-0.05, 0) is 26.2 Å². The lowest BCUT2D eigenvalue weighted by Gasteiger charge is -2.21. The third-order valence-electron chi connectivity index (χ3n) is 5.15. The Morgan fingerprint density at radius 3 is 2.59 bits per heavy atom. The lowest BCUT2D eigenvalue weighted by atomic mass is 10.1. The molecule has 1 fully saturated rings. The highest BCUT2D eigenvalue weighted by Gasteiger charge is 2.30. The highest BCUT2D eigenvalue weighted by molar-refractivity contribution is 7.86. The van der Waals surface area contributed by atoms with Gasteiger partial charge in [-0.15, -0.1) is 0 Å². The molecule has 2 aromatic heterocycles. The molecule has 1 saturated heterocycles. The number of aliphatic hydroxyl groups excluding tert-OH is 1. The van der Waals surface area contributed by atoms with Crippen LogP contribution in [-0.4, -0.2) is 69.1 Å². The molecular formula is C17H30N8O3S. The number of fused-ring (bicyclic) bond motifs is 1. The molecule has 162 valence electrons. The van der Waals surface area contributed by atoms with Crippen LogP contribution >= 0.6 is 0 Å². The number of hydrogen-bond acceptors (Lipinski definition) is 8. The maximum atomic E-state index is 11.6. The average Bonchev–Trinajstić information content (AvgIpc) is 3.26. The molecule has 0 bridgehead atoms. The Hall–Kier alpha value is -2.02. The minimum absolute atomic E-state index is 0.0444. The maximum absolute atomic E-state index is 11.6. The zero-order chi connectivity index (χ0) is 21.3. The van der Waals surface area contributed by atoms with Crippen molar-refractivity contribution in [1.82, 2.24) is 23.8 Å². The van der Waals surface area contributed by atoms with Crippen molar-refractivity contribution in [2.75, 3.05) is 30.3 Å². The molecule has 2 unspecified atom stereocenters. The van der Waals surface area contributed by atoms with E-state index in [1.807, 2.05) is 32.3 Å². The van der Waals surface area contributed by atoms with Gasteiger partial charge in [0.05, 0.1) is 19.0 Å². The lowest BCUT2D eigenvalue weighted by Crippen LogP contribution is -2.36. The molecule has 12 heteroatoms. The van der Waals surface area contributed by atoms with E-state index in [-0.39, 0.29) is 37.2 Å². The second-order valence-electron chi connectivity index (χ2n) is 8.02. The summed E-state index contributed by atoms with van der Waals surface area (Å²) in [6.45, 7) is 8.66. The van der Waals surface area contributed by atoms with Crippen LogP contribution in [0.3, 0.4) is 0 Å². The summed E-state index contributed by atoms with van der Waals surface area (Å²) in [5.74, 6) is 1.10. The predicted octanol–water partition coefficient (Wildman–Crippen LogP) is 0.526. The number of imidazole rings is 1. The molecule has 0 amide bonds. The fourth-order valence-corrected chi connectivity index (χ4v) is 4.07. The molecule has 0 saturated carbocycles. The van der Waals surface area contributed by atoms with E-state index in [9.17, 15) is 13.5 Å². The average molecular weight is 427 g/mol. The second kappa shape index (κ2) is 8.38. The molecule has 11 nitrogen and oxygen atoms in total. The van der Waals surface area contributed by atoms with Gasteiger partial charge in [0, 0.05) is 25.2 Å². The molecule has 2 aromatic rings. The minimum Gasteiger partial charge on any atom is -0.394 e. The van der Waals surface area contributed by atoms with Crippen LogP contribution in [0.15, 0.2) is 6.33 Å². The molecule has 1 aliphatic heterocycles. The van der Waals surface area contributed by atoms with Gasteiger partial charge in [-0.1, -0.05) is 13.8 Å². The zero-order valence-electron chi connectivity index (χ0n) is 17.2. The minimum atomic E-state index is -3.71. The number of anilines is 2. The monoisotopic (exact) mass is 426 g/mol. The second-order valence-corrected chi connectivity index (χ2v) is 9.57. The van der Waals surface area contributed by atoms with Gasteiger partial charge >= 0.3 is 0 Å². The first kappa shape index (κ1) is 21.7. The lowest BCUT2D eigenvalue weighted by molar-refractivity contribution is 0.248. The van der Waals surface area contributed by atoms with Crippen molar-refractivity contribution in [2.45, 2.75) is 52.2 Å². The van der Waals surface area contributed by atoms with E-state index >= 15 is 0 Å². The van der Waals surface area contributed by atoms with Crippen LogP contribution in [-0.2, 0) is 10.2 Å². The number of nitrogens with one attached hydrogen (secondary N) is 2. The van der Waals surface area contributed by atoms with Gasteiger partial charge < -0.3 is 20.3 Å². The number of nitrogens with two attached hydrogens (primary N) is 1. The smallest absolute Gasteiger partial charge is 0.276 e. The summed E-state index contributed by atoms with van der Waals surface area (Å²) in [4.78, 5) is 13.7. The van der Waals surface area contributed by atoms with Crippen molar-refractivity contribution in [3.05, 3.63) is 6.33 Å². The first-order valence-corrected chi connectivity index (χ1v) is 11.3. The molecule has 2 atom stereocenters. The third-order valence-corrected chi connectivity index (χ3v) is 6.20. The summed E-state index contributed by atoms with van der Waals surface area (Å²) in [7, 11) is -3.71. The predicted molar refractivity (Wildman–Crippen MR) is 112 cm³/mol. The van der Waals surface area contributed by atoms with Crippen molar-refractivity contribution in [2.24, 2.45) is 11.1 Å². The molecule has 3 heterocycles. The largest absolute Gasteiger partial charge is 0.394 e. The summed E-state index contributed by atoms with van der Waals surface area (Å²) >= 11 is 0. The topological polar surface area (TPSA) is 151 Å². The molecule has 0 aromatic carbocycles. The third kappa shape index (κ3) is 4.77. The van der Waals surface area contributed by atoms with E-state index in [4.69, 9.17) is 5.14 Å². The summed E-state index contributed by atoms with van der Waals surface area (Å²) < 4.78 is 26.4. The van der Waals surface area contributed by atoms with E-state index < -0.39 is 10.2 Å². The van der Waals surface area contributed by atoms with Gasteiger partial charge in [0.2, 0.25) is 5.95 Å². The van der Waals surface area contributed by atoms with Gasteiger partial charge in [0.25, 0.3) is 10.2 Å². The van der Waals surface area contributed by atoms with Crippen LogP contribution in [0.25, 0.3) is 11.2 Å². The standard InChI is InChI=1S/C17H30N8O3S/c1-10(2)13(8-26)21-17-22-15(14-16(23-17)25(9-19-14)11(3)4)20-12-5-6-24(7-12)29(18,27)28/h9-13,26H,5-8H2,1-4H3,(H2,18,27,28)(H2,20,21,22,23). The van der Waals surface area contributed by atoms with Crippen LogP contribution in [0, 0.1) is 5.92 Å². The van der Waals surface area contributed by atoms with Crippen LogP contribution in [0.5, 0.6) is 0 Å². The van der Waals surface area contributed by atoms with Crippen molar-refractivity contribution in [3.8, 4) is 0 Å². The van der Waals surface area contributed by atoms with E-state index in [0.717, 1.165) is 0 Å². The summed E-state index contributed by atoms with van der Waals surface area (Å²) in [6, 6.07) is -0.180. The van der Waals surface area contributed by atoms with Gasteiger partial charge in [0.1, 0.15) is 0 Å². The van der Waals surface area contributed by atoms with Crippen molar-refractivity contribution < 1.29 is 13.5 Å². The van der Waals surface area contributed by atoms with E-state index in [2.05, 4.69) is 25.6 Å². The highest BCUT2D eigenvalue weighted by Crippen LogP contribution is 2.26. The number of aliphatic hydroxyl groups is 1. The molecular weight excluding hydrogens is 396 g/mol. The Bertz CT molecular complexity index is 959. The van der Waals surface area contributed by atoms with Crippen LogP contribution < -0.4 is 15.8 Å². The van der Waals surface area contributed by atoms with Crippen molar-refractivity contribution in [1.29, 1.82) is 0 Å². The Morgan fingerprint density at radius 2 is 2.03 bits per heavy atom. The normalized spacial score (nSPS) is 19.4. The number of rotatable bonds is 8. The van der Waals surface area contributed by atoms with Crippen LogP contribution in [0.4, 0.5) is 11.8 Å². The van der Waals surface area contributed by atoms with Crippen molar-refractivity contribution in [3.63, 3.8) is 0 Å². The molecule has 5 N–H and O–H groups in total. The Balaban J connectivity index is 1.94. The van der Waals surface area contributed by atoms with Gasteiger partial charge in [-0.25, -0.2) is 10.1 Å². The Kier molecular flexibility index (Phi) is 6.27. The van der Waals surface area contributed by atoms with Crippen LogP contribution in [0.2, 0.25) is 0 Å². The summed E-state index contributed by atoms with van der Waals surface area (Å²) in [6.07, 6.45) is 2.33. The fourth-order valence-electron chi connectivity index (χ4n) is 3.32. The Labute approximate surface area is 170 Å². The van der Waals surface area contributed by atoms with E-state index in [1.54, 1.807) is 6.33 Å². The van der Waals surface area contributed by atoms with Crippen LogP contribution in [0.1, 0.15) is 40.2 Å². The molecule has 0 spiro atoms. The highest BCUT2D eigenvalue weighted by atomic mass is 32.2. The first-order valence-electron chi connectivity index (χ1n) is 9.76. The zero-order valence-corrected chi connectivity index (χ0v) is 18.0. The summed E-state index contributed by atoms with van der Waals surface area (Å²) in [5, 5.41) is 21.4. The van der Waals surface area contributed by atoms with Gasteiger partial charge in [-0.3, -0.25) is 0 Å². The molecule has 1 aliphatic rings. The number of aromatic nitrogens is 4. The SMILES string of the molecule is CC(C)C(CO)Nc1nc(NC2CCN(S(N)(=O)=O)C2)c2ncn(C(C)C)c2n1. The Morgan fingerprint density at radius 1 is 1.31 bits per heavy atom. The number of nitrogens with zero attached hydrogens (tertiary/aromatic N) is 5. The molecule has 29 heavy (non-hydrogen) atoms. The van der Waals surface area contributed by atoms with Gasteiger partial charge in [0.15, 0.2) is 17.0 Å². The quantitative estimate of drug-likeness (QED) is 0.477. The molecule has 0 aliphatic carbocycles. The summed E-state index contributed by atoms with van der Waals surface area (Å²) in [5.41, 5.74) is 1.28. The first-order chi connectivity index (χ1) is 13.6. The van der Waals surface area contributed by atoms with Gasteiger partial charge in [-0.2, -0.15) is 22.7 Å². The van der Waals surface area contributed by atoms with Crippen molar-refractivity contribution >= 4 is 33.1 Å². The molecule has 3 rings (SSSR count). The number of hydrogen-bond donors (Lipinski definition) is 4.